The van der Waals surface area contributed by atoms with E-state index in [2.05, 4.69) is 19.3 Å². The quantitative estimate of drug-likeness (QED) is 0.545. The fourth-order valence-corrected chi connectivity index (χ4v) is 9.21. The van der Waals surface area contributed by atoms with Crippen LogP contribution in [0.5, 0.6) is 0 Å². The topological polar surface area (TPSA) is 75.7 Å². The second-order valence-electron chi connectivity index (χ2n) is 10.7. The molecule has 1 heterocycles. The number of hydrogen-bond donors (Lipinski definition) is 1. The maximum atomic E-state index is 13.8. The number of carbonyl (C=O) groups is 1. The average molecular weight is 495 g/mol. The number of hydroxylamine groups is 1. The lowest BCUT2D eigenvalue weighted by molar-refractivity contribution is -0.136. The van der Waals surface area contributed by atoms with E-state index in [4.69, 9.17) is 4.84 Å². The Bertz CT molecular complexity index is 1200. The lowest BCUT2D eigenvalue weighted by atomic mass is 9.69. The molecule has 2 aliphatic carbocycles. The molecule has 2 aromatic rings. The molecule has 1 amide bonds. The first-order chi connectivity index (χ1) is 16.7. The fraction of sp³-hybridized carbons (Fsp3) is 0.464. The van der Waals surface area contributed by atoms with Crippen LogP contribution in [0.3, 0.4) is 0 Å². The summed E-state index contributed by atoms with van der Waals surface area (Å²) in [5.41, 5.74) is 4.46. The summed E-state index contributed by atoms with van der Waals surface area (Å²) in [5.74, 6) is 0.107. The Kier molecular flexibility index (Phi) is 6.36. The number of nitrogens with zero attached hydrogens (tertiary/aromatic N) is 1. The third-order valence-electron chi connectivity index (χ3n) is 8.72. The molecule has 6 nitrogen and oxygen atoms in total. The molecule has 1 spiro atoms. The van der Waals surface area contributed by atoms with Crippen molar-refractivity contribution < 1.29 is 18.0 Å². The molecule has 0 radical (unpaired) electrons. The van der Waals surface area contributed by atoms with Gasteiger partial charge in [0.2, 0.25) is 10.0 Å². The predicted molar refractivity (Wildman–Crippen MR) is 136 cm³/mol. The molecule has 186 valence electrons. The number of benzene rings is 2. The number of hydrogen-bond acceptors (Lipinski definition) is 5. The van der Waals surface area contributed by atoms with Crippen molar-refractivity contribution in [1.82, 2.24) is 9.79 Å². The van der Waals surface area contributed by atoms with Gasteiger partial charge >= 0.3 is 0 Å². The van der Waals surface area contributed by atoms with E-state index >= 15 is 0 Å². The van der Waals surface area contributed by atoms with E-state index in [0.29, 0.717) is 12.3 Å². The molecular formula is C28H34N2O4S. The summed E-state index contributed by atoms with van der Waals surface area (Å²) in [7, 11) is -3.70. The second-order valence-corrected chi connectivity index (χ2v) is 12.6. The van der Waals surface area contributed by atoms with Crippen LogP contribution in [0.2, 0.25) is 0 Å². The lowest BCUT2D eigenvalue weighted by Gasteiger charge is -2.37. The van der Waals surface area contributed by atoms with Gasteiger partial charge in [0.1, 0.15) is 6.04 Å². The standard InChI is InChI=1S/C28H34N2O4S/c1-27(2)23-16-17-28(27)20-35(32,33)30(25(28)18-23)26(31)24(15-9-14-21-10-5-3-6-11-21)29-34-19-22-12-7-4-8-13-22/h3-14,23-25,29H,15-20H2,1-2H3/b14-9+/t23-,24+,25-,28-/m1/s1. The number of rotatable bonds is 8. The van der Waals surface area contributed by atoms with Crippen LogP contribution in [0, 0.1) is 16.7 Å². The highest BCUT2D eigenvalue weighted by Gasteiger charge is 2.72. The first kappa shape index (κ1) is 24.2. The van der Waals surface area contributed by atoms with E-state index < -0.39 is 22.0 Å². The van der Waals surface area contributed by atoms with Crippen LogP contribution in [0.1, 0.15) is 50.7 Å². The summed E-state index contributed by atoms with van der Waals surface area (Å²) in [5, 5.41) is 0. The van der Waals surface area contributed by atoms with Gasteiger partial charge in [-0.05, 0) is 48.1 Å². The number of carbonyl (C=O) groups excluding carboxylic acids is 1. The van der Waals surface area contributed by atoms with Crippen LogP contribution in [-0.2, 0) is 26.3 Å². The monoisotopic (exact) mass is 494 g/mol. The van der Waals surface area contributed by atoms with Gasteiger partial charge in [0.05, 0.1) is 18.4 Å². The minimum absolute atomic E-state index is 0.0668. The molecular weight excluding hydrogens is 460 g/mol. The Labute approximate surface area is 208 Å². The van der Waals surface area contributed by atoms with Crippen LogP contribution >= 0.6 is 0 Å². The summed E-state index contributed by atoms with van der Waals surface area (Å²) < 4.78 is 28.0. The largest absolute Gasteiger partial charge is 0.296 e. The molecule has 3 fully saturated rings. The van der Waals surface area contributed by atoms with Crippen LogP contribution < -0.4 is 5.48 Å². The molecule has 1 saturated heterocycles. The van der Waals surface area contributed by atoms with Crippen molar-refractivity contribution in [3.63, 3.8) is 0 Å². The highest BCUT2D eigenvalue weighted by Crippen LogP contribution is 2.70. The Morgan fingerprint density at radius 3 is 2.51 bits per heavy atom. The van der Waals surface area contributed by atoms with Gasteiger partial charge in [0.15, 0.2) is 0 Å². The molecule has 1 N–H and O–H groups in total. The van der Waals surface area contributed by atoms with Crippen molar-refractivity contribution in [2.45, 2.75) is 58.2 Å². The number of fused-ring (bicyclic) bond motifs is 1. The van der Waals surface area contributed by atoms with Gasteiger partial charge in [-0.1, -0.05) is 86.7 Å². The molecule has 0 aromatic heterocycles. The summed E-state index contributed by atoms with van der Waals surface area (Å²) >= 11 is 0. The summed E-state index contributed by atoms with van der Waals surface area (Å²) in [6, 6.07) is 18.4. The van der Waals surface area contributed by atoms with E-state index in [-0.39, 0.29) is 29.2 Å². The summed E-state index contributed by atoms with van der Waals surface area (Å²) in [6.07, 6.45) is 6.84. The highest BCUT2D eigenvalue weighted by molar-refractivity contribution is 7.90. The van der Waals surface area contributed by atoms with Crippen molar-refractivity contribution in [1.29, 1.82) is 0 Å². The zero-order chi connectivity index (χ0) is 24.7. The van der Waals surface area contributed by atoms with Gasteiger partial charge in [-0.15, -0.1) is 0 Å². The third kappa shape index (κ3) is 4.24. The smallest absolute Gasteiger partial charge is 0.256 e. The minimum atomic E-state index is -3.70. The molecule has 4 atom stereocenters. The maximum absolute atomic E-state index is 13.8. The van der Waals surface area contributed by atoms with Crippen LogP contribution in [-0.4, -0.2) is 36.5 Å². The van der Waals surface area contributed by atoms with Gasteiger partial charge < -0.3 is 0 Å². The molecule has 2 saturated carbocycles. The van der Waals surface area contributed by atoms with Gasteiger partial charge in [0.25, 0.3) is 5.91 Å². The Balaban J connectivity index is 1.37. The number of amides is 1. The average Bonchev–Trinajstić information content (AvgIpc) is 3.32. The molecule has 2 bridgehead atoms. The molecule has 1 aliphatic heterocycles. The second kappa shape index (κ2) is 9.19. The van der Waals surface area contributed by atoms with Crippen LogP contribution in [0.4, 0.5) is 0 Å². The molecule has 2 aromatic carbocycles. The van der Waals surface area contributed by atoms with Crippen LogP contribution in [0.15, 0.2) is 66.7 Å². The number of sulfonamides is 1. The van der Waals surface area contributed by atoms with Crippen molar-refractivity contribution in [2.24, 2.45) is 16.7 Å². The minimum Gasteiger partial charge on any atom is -0.296 e. The van der Waals surface area contributed by atoms with E-state index in [0.717, 1.165) is 30.4 Å². The fourth-order valence-electron chi connectivity index (χ4n) is 6.64. The first-order valence-corrected chi connectivity index (χ1v) is 14.0. The van der Waals surface area contributed by atoms with Crippen molar-refractivity contribution in [3.05, 3.63) is 77.9 Å². The van der Waals surface area contributed by atoms with E-state index in [9.17, 15) is 13.2 Å². The normalized spacial score (nSPS) is 28.9. The first-order valence-electron chi connectivity index (χ1n) is 12.4. The molecule has 35 heavy (non-hydrogen) atoms. The zero-order valence-electron chi connectivity index (χ0n) is 20.4. The number of nitrogens with one attached hydrogen (secondary N) is 1. The highest BCUT2D eigenvalue weighted by atomic mass is 32.2. The van der Waals surface area contributed by atoms with Gasteiger partial charge in [-0.3, -0.25) is 9.63 Å². The van der Waals surface area contributed by atoms with E-state index in [1.54, 1.807) is 0 Å². The molecule has 7 heteroatoms. The van der Waals surface area contributed by atoms with Crippen molar-refractivity contribution >= 4 is 22.0 Å². The zero-order valence-corrected chi connectivity index (χ0v) is 21.2. The van der Waals surface area contributed by atoms with Gasteiger partial charge in [-0.25, -0.2) is 12.7 Å². The Hall–Kier alpha value is -2.48. The van der Waals surface area contributed by atoms with Crippen molar-refractivity contribution in [2.75, 3.05) is 5.75 Å². The third-order valence-corrected chi connectivity index (χ3v) is 10.6. The molecule has 5 rings (SSSR count). The van der Waals surface area contributed by atoms with E-state index in [1.165, 1.54) is 4.31 Å². The van der Waals surface area contributed by atoms with Crippen molar-refractivity contribution in [3.8, 4) is 0 Å². The lowest BCUT2D eigenvalue weighted by Crippen LogP contribution is -2.51. The predicted octanol–water partition coefficient (Wildman–Crippen LogP) is 4.55. The SMILES string of the molecule is CC1(C)[C@@H]2CC[C@]13CS(=O)(=O)N(C(=O)[C@H](C/C=C/c1ccccc1)NOCc1ccccc1)[C@@H]3C2. The van der Waals surface area contributed by atoms with Gasteiger partial charge in [0, 0.05) is 5.41 Å². The van der Waals surface area contributed by atoms with E-state index in [1.807, 2.05) is 72.8 Å². The van der Waals surface area contributed by atoms with Gasteiger partial charge in [-0.2, -0.15) is 5.48 Å². The summed E-state index contributed by atoms with van der Waals surface area (Å²) in [6.45, 7) is 4.66. The Morgan fingerprint density at radius 2 is 1.83 bits per heavy atom. The maximum Gasteiger partial charge on any atom is 0.256 e. The molecule has 3 aliphatic rings. The summed E-state index contributed by atoms with van der Waals surface area (Å²) in [4.78, 5) is 19.6. The molecule has 0 unspecified atom stereocenters. The van der Waals surface area contributed by atoms with Crippen LogP contribution in [0.25, 0.3) is 6.08 Å². The Morgan fingerprint density at radius 1 is 1.14 bits per heavy atom.